The van der Waals surface area contributed by atoms with Crippen LogP contribution in [-0.2, 0) is 4.79 Å². The summed E-state index contributed by atoms with van der Waals surface area (Å²) < 4.78 is 10.6. The summed E-state index contributed by atoms with van der Waals surface area (Å²) in [6.45, 7) is 1.75. The molecule has 0 saturated carbocycles. The van der Waals surface area contributed by atoms with Gasteiger partial charge in [0.25, 0.3) is 23.6 Å². The highest BCUT2D eigenvalue weighted by molar-refractivity contribution is 6.22. The first-order valence-corrected chi connectivity index (χ1v) is 8.81. The number of amides is 4. The first-order chi connectivity index (χ1) is 14.0. The third-order valence-corrected chi connectivity index (χ3v) is 4.22. The smallest absolute Gasteiger partial charge is 0.269 e. The lowest BCUT2D eigenvalue weighted by Crippen LogP contribution is -2.47. The molecule has 4 amide bonds. The molecule has 2 aromatic carbocycles. The molecule has 2 aromatic rings. The van der Waals surface area contributed by atoms with E-state index < -0.39 is 30.2 Å². The molecular formula is C20H19N3O6. The summed E-state index contributed by atoms with van der Waals surface area (Å²) in [5, 5.41) is 0. The van der Waals surface area contributed by atoms with Gasteiger partial charge in [-0.15, -0.1) is 0 Å². The number of ether oxygens (including phenoxy) is 2. The van der Waals surface area contributed by atoms with Crippen LogP contribution in [-0.4, -0.2) is 48.8 Å². The third kappa shape index (κ3) is 4.03. The molecule has 0 fully saturated rings. The van der Waals surface area contributed by atoms with Gasteiger partial charge in [-0.1, -0.05) is 12.1 Å². The predicted molar refractivity (Wildman–Crippen MR) is 102 cm³/mol. The van der Waals surface area contributed by atoms with Crippen LogP contribution in [0, 0.1) is 0 Å². The van der Waals surface area contributed by atoms with Gasteiger partial charge in [-0.05, 0) is 37.3 Å². The Balaban J connectivity index is 1.59. The Morgan fingerprint density at radius 2 is 1.62 bits per heavy atom. The minimum atomic E-state index is -0.717. The predicted octanol–water partition coefficient (Wildman–Crippen LogP) is 1.15. The van der Waals surface area contributed by atoms with Gasteiger partial charge in [0.1, 0.15) is 6.54 Å². The van der Waals surface area contributed by atoms with Gasteiger partial charge in [0, 0.05) is 5.56 Å². The Kier molecular flexibility index (Phi) is 5.77. The largest absolute Gasteiger partial charge is 0.493 e. The Morgan fingerprint density at radius 3 is 2.21 bits per heavy atom. The molecule has 0 atom stereocenters. The van der Waals surface area contributed by atoms with E-state index in [-0.39, 0.29) is 16.7 Å². The van der Waals surface area contributed by atoms with E-state index in [4.69, 9.17) is 9.47 Å². The van der Waals surface area contributed by atoms with Crippen molar-refractivity contribution in [2.24, 2.45) is 0 Å². The highest BCUT2D eigenvalue weighted by Gasteiger charge is 2.36. The molecule has 3 rings (SSSR count). The summed E-state index contributed by atoms with van der Waals surface area (Å²) in [6.07, 6.45) is 0. The number of rotatable bonds is 6. The molecule has 0 spiro atoms. The van der Waals surface area contributed by atoms with Gasteiger partial charge in [0.05, 0.1) is 24.8 Å². The maximum absolute atomic E-state index is 12.3. The fourth-order valence-corrected chi connectivity index (χ4v) is 2.85. The molecule has 0 aromatic heterocycles. The molecule has 9 heteroatoms. The van der Waals surface area contributed by atoms with E-state index in [1.165, 1.54) is 31.4 Å². The highest BCUT2D eigenvalue weighted by Crippen LogP contribution is 2.28. The fraction of sp³-hybridized carbons (Fsp3) is 0.200. The van der Waals surface area contributed by atoms with Crippen LogP contribution >= 0.6 is 0 Å². The summed E-state index contributed by atoms with van der Waals surface area (Å²) in [5.41, 5.74) is 5.16. The molecule has 29 heavy (non-hydrogen) atoms. The van der Waals surface area contributed by atoms with Crippen molar-refractivity contribution in [1.29, 1.82) is 0 Å². The third-order valence-electron chi connectivity index (χ3n) is 4.22. The van der Waals surface area contributed by atoms with E-state index in [1.54, 1.807) is 18.2 Å². The summed E-state index contributed by atoms with van der Waals surface area (Å²) in [5.74, 6) is -1.56. The van der Waals surface area contributed by atoms with E-state index in [1.807, 2.05) is 6.92 Å². The van der Waals surface area contributed by atoms with Gasteiger partial charge in [0.15, 0.2) is 11.5 Å². The molecule has 150 valence electrons. The standard InChI is InChI=1S/C20H19N3O6/c1-3-29-15-9-8-12(10-16(15)28-2)18(25)22-21-17(24)11-23-19(26)13-6-4-5-7-14(13)20(23)27/h4-10H,3,11H2,1-2H3,(H,21,24)(H,22,25). The number of carbonyl (C=O) groups excluding carboxylic acids is 4. The minimum absolute atomic E-state index is 0.228. The zero-order valence-corrected chi connectivity index (χ0v) is 15.9. The minimum Gasteiger partial charge on any atom is -0.493 e. The number of benzene rings is 2. The van der Waals surface area contributed by atoms with Crippen molar-refractivity contribution < 1.29 is 28.7 Å². The van der Waals surface area contributed by atoms with Crippen LogP contribution in [0.5, 0.6) is 11.5 Å². The van der Waals surface area contributed by atoms with Gasteiger partial charge >= 0.3 is 0 Å². The fourth-order valence-electron chi connectivity index (χ4n) is 2.85. The molecule has 1 aliphatic rings. The van der Waals surface area contributed by atoms with E-state index >= 15 is 0 Å². The van der Waals surface area contributed by atoms with Crippen molar-refractivity contribution in [2.45, 2.75) is 6.92 Å². The van der Waals surface area contributed by atoms with E-state index in [0.29, 0.717) is 18.1 Å². The van der Waals surface area contributed by atoms with E-state index in [0.717, 1.165) is 4.90 Å². The molecule has 0 aliphatic carbocycles. The van der Waals surface area contributed by atoms with Gasteiger partial charge < -0.3 is 9.47 Å². The lowest BCUT2D eigenvalue weighted by molar-refractivity contribution is -0.122. The van der Waals surface area contributed by atoms with Crippen molar-refractivity contribution in [3.8, 4) is 11.5 Å². The van der Waals surface area contributed by atoms with Crippen LogP contribution in [0.4, 0.5) is 0 Å². The Hall–Kier alpha value is -3.88. The molecule has 0 bridgehead atoms. The molecule has 1 heterocycles. The first-order valence-electron chi connectivity index (χ1n) is 8.81. The normalized spacial score (nSPS) is 12.4. The van der Waals surface area contributed by atoms with Gasteiger partial charge in [-0.3, -0.25) is 34.9 Å². The second-order valence-electron chi connectivity index (χ2n) is 6.04. The van der Waals surface area contributed by atoms with Crippen LogP contribution in [0.25, 0.3) is 0 Å². The number of hydrogen-bond donors (Lipinski definition) is 2. The SMILES string of the molecule is CCOc1ccc(C(=O)NNC(=O)CN2C(=O)c3ccccc3C2=O)cc1OC. The maximum atomic E-state index is 12.3. The van der Waals surface area contributed by atoms with Crippen LogP contribution in [0.3, 0.4) is 0 Å². The van der Waals surface area contributed by atoms with Crippen molar-refractivity contribution in [3.05, 3.63) is 59.2 Å². The molecule has 0 radical (unpaired) electrons. The van der Waals surface area contributed by atoms with Crippen molar-refractivity contribution in [1.82, 2.24) is 15.8 Å². The molecule has 0 unspecified atom stereocenters. The zero-order valence-electron chi connectivity index (χ0n) is 15.9. The van der Waals surface area contributed by atoms with E-state index in [9.17, 15) is 19.2 Å². The maximum Gasteiger partial charge on any atom is 0.269 e. The first kappa shape index (κ1) is 19.9. The molecule has 2 N–H and O–H groups in total. The molecule has 9 nitrogen and oxygen atoms in total. The molecule has 0 saturated heterocycles. The zero-order chi connectivity index (χ0) is 21.0. The van der Waals surface area contributed by atoms with Crippen molar-refractivity contribution >= 4 is 23.6 Å². The van der Waals surface area contributed by atoms with Crippen LogP contribution < -0.4 is 20.3 Å². The molecular weight excluding hydrogens is 378 g/mol. The average molecular weight is 397 g/mol. The number of imide groups is 1. The van der Waals surface area contributed by atoms with Crippen LogP contribution in [0.1, 0.15) is 38.0 Å². The summed E-state index contributed by atoms with van der Waals surface area (Å²) in [6, 6.07) is 10.9. The van der Waals surface area contributed by atoms with E-state index in [2.05, 4.69) is 10.9 Å². The van der Waals surface area contributed by atoms with Crippen LogP contribution in [0.2, 0.25) is 0 Å². The number of hydrogen-bond acceptors (Lipinski definition) is 6. The quantitative estimate of drug-likeness (QED) is 0.558. The summed E-state index contributed by atoms with van der Waals surface area (Å²) >= 11 is 0. The Morgan fingerprint density at radius 1 is 0.966 bits per heavy atom. The number of methoxy groups -OCH3 is 1. The van der Waals surface area contributed by atoms with Crippen molar-refractivity contribution in [3.63, 3.8) is 0 Å². The average Bonchev–Trinajstić information content (AvgIpc) is 2.97. The number of carbonyl (C=O) groups is 4. The van der Waals surface area contributed by atoms with Gasteiger partial charge in [-0.2, -0.15) is 0 Å². The van der Waals surface area contributed by atoms with Crippen molar-refractivity contribution in [2.75, 3.05) is 20.3 Å². The second kappa shape index (κ2) is 8.42. The number of nitrogens with one attached hydrogen (secondary N) is 2. The Labute approximate surface area is 166 Å². The monoisotopic (exact) mass is 397 g/mol. The number of hydrazine groups is 1. The molecule has 1 aliphatic heterocycles. The Bertz CT molecular complexity index is 953. The second-order valence-corrected chi connectivity index (χ2v) is 6.04. The van der Waals surface area contributed by atoms with Gasteiger partial charge in [-0.25, -0.2) is 0 Å². The van der Waals surface area contributed by atoms with Gasteiger partial charge in [0.2, 0.25) is 0 Å². The topological polar surface area (TPSA) is 114 Å². The lowest BCUT2D eigenvalue weighted by Gasteiger charge is -2.14. The summed E-state index contributed by atoms with van der Waals surface area (Å²) in [7, 11) is 1.45. The summed E-state index contributed by atoms with van der Waals surface area (Å²) in [4.78, 5) is 49.7. The lowest BCUT2D eigenvalue weighted by atomic mass is 10.1. The number of fused-ring (bicyclic) bond motifs is 1. The number of nitrogens with zero attached hydrogens (tertiary/aromatic N) is 1. The van der Waals surface area contributed by atoms with Crippen LogP contribution in [0.15, 0.2) is 42.5 Å². The highest BCUT2D eigenvalue weighted by atomic mass is 16.5.